The van der Waals surface area contributed by atoms with Gasteiger partial charge in [0, 0.05) is 35.9 Å². The summed E-state index contributed by atoms with van der Waals surface area (Å²) in [6.45, 7) is 7.82. The standard InChI is InChI=1S/C29H33FN4O4/c1-4-38-26(35)13-12-20-10-8-11-21(27(20)30)22-16-25-31-23(28(36)33-14-7-5-6-9-19(33)2)15-24(34(25)32-22)29(3)17-37-18-29/h8,10-13,15-16,19H,4-7,9,14,17-18H2,1-3H3/b13-12+/t19-/m1/s1. The molecule has 9 heteroatoms. The monoisotopic (exact) mass is 520 g/mol. The summed E-state index contributed by atoms with van der Waals surface area (Å²) in [5.74, 6) is -1.14. The van der Waals surface area contributed by atoms with Crippen molar-refractivity contribution < 1.29 is 23.5 Å². The Labute approximate surface area is 221 Å². The van der Waals surface area contributed by atoms with Crippen molar-refractivity contribution in [3.8, 4) is 11.3 Å². The van der Waals surface area contributed by atoms with E-state index >= 15 is 4.39 Å². The highest BCUT2D eigenvalue weighted by Crippen LogP contribution is 2.34. The molecular weight excluding hydrogens is 487 g/mol. The van der Waals surface area contributed by atoms with Crippen LogP contribution < -0.4 is 0 Å². The molecule has 1 aromatic carbocycles. The van der Waals surface area contributed by atoms with Crippen molar-refractivity contribution >= 4 is 23.6 Å². The largest absolute Gasteiger partial charge is 0.463 e. The first-order chi connectivity index (χ1) is 18.3. The molecule has 2 aliphatic heterocycles. The lowest BCUT2D eigenvalue weighted by Crippen LogP contribution is -2.46. The van der Waals surface area contributed by atoms with E-state index in [1.807, 2.05) is 11.0 Å². The molecule has 0 spiro atoms. The van der Waals surface area contributed by atoms with Crippen LogP contribution in [0.3, 0.4) is 0 Å². The number of hydrogen-bond donors (Lipinski definition) is 0. The number of rotatable bonds is 6. The van der Waals surface area contributed by atoms with Crippen LogP contribution in [0, 0.1) is 5.82 Å². The summed E-state index contributed by atoms with van der Waals surface area (Å²) >= 11 is 0. The highest BCUT2D eigenvalue weighted by atomic mass is 19.1. The molecule has 0 bridgehead atoms. The number of ether oxygens (including phenoxy) is 2. The van der Waals surface area contributed by atoms with Crippen molar-refractivity contribution in [1.82, 2.24) is 19.5 Å². The number of likely N-dealkylation sites (tertiary alicyclic amines) is 1. The van der Waals surface area contributed by atoms with Crippen molar-refractivity contribution in [3.05, 3.63) is 59.2 Å². The van der Waals surface area contributed by atoms with Gasteiger partial charge >= 0.3 is 5.97 Å². The lowest BCUT2D eigenvalue weighted by molar-refractivity contribution is -0.137. The predicted octanol–water partition coefficient (Wildman–Crippen LogP) is 4.80. The van der Waals surface area contributed by atoms with E-state index in [-0.39, 0.29) is 35.1 Å². The number of hydrogen-bond acceptors (Lipinski definition) is 6. The van der Waals surface area contributed by atoms with E-state index in [2.05, 4.69) is 13.8 Å². The second-order valence-corrected chi connectivity index (χ2v) is 10.4. The van der Waals surface area contributed by atoms with Crippen molar-refractivity contribution in [3.63, 3.8) is 0 Å². The maximum atomic E-state index is 15.5. The fraction of sp³-hybridized carbons (Fsp3) is 0.448. The van der Waals surface area contributed by atoms with E-state index in [1.165, 1.54) is 12.2 Å². The first kappa shape index (κ1) is 26.0. The van der Waals surface area contributed by atoms with E-state index in [1.54, 1.807) is 35.7 Å². The molecule has 4 heterocycles. The van der Waals surface area contributed by atoms with Crippen LogP contribution in [0.2, 0.25) is 0 Å². The van der Waals surface area contributed by atoms with E-state index < -0.39 is 11.8 Å². The van der Waals surface area contributed by atoms with Gasteiger partial charge in [-0.15, -0.1) is 0 Å². The number of halogens is 1. The number of amides is 1. The van der Waals surface area contributed by atoms with E-state index in [0.29, 0.717) is 36.8 Å². The van der Waals surface area contributed by atoms with Crippen LogP contribution in [-0.4, -0.2) is 63.8 Å². The lowest BCUT2D eigenvalue weighted by Gasteiger charge is -2.38. The zero-order chi connectivity index (χ0) is 26.9. The predicted molar refractivity (Wildman–Crippen MR) is 141 cm³/mol. The summed E-state index contributed by atoms with van der Waals surface area (Å²) in [7, 11) is 0. The smallest absolute Gasteiger partial charge is 0.330 e. The van der Waals surface area contributed by atoms with Crippen LogP contribution in [0.1, 0.15) is 68.2 Å². The molecule has 2 fully saturated rings. The van der Waals surface area contributed by atoms with Crippen LogP contribution in [0.25, 0.3) is 23.0 Å². The van der Waals surface area contributed by atoms with Crippen LogP contribution in [0.4, 0.5) is 4.39 Å². The van der Waals surface area contributed by atoms with Crippen molar-refractivity contribution in [1.29, 1.82) is 0 Å². The van der Waals surface area contributed by atoms with Crippen molar-refractivity contribution in [2.24, 2.45) is 0 Å². The number of carbonyl (C=O) groups is 2. The minimum atomic E-state index is -0.536. The molecule has 38 heavy (non-hydrogen) atoms. The molecule has 1 amide bonds. The van der Waals surface area contributed by atoms with Gasteiger partial charge in [-0.1, -0.05) is 25.0 Å². The van der Waals surface area contributed by atoms with E-state index in [0.717, 1.165) is 31.4 Å². The molecule has 0 unspecified atom stereocenters. The molecule has 0 N–H and O–H groups in total. The van der Waals surface area contributed by atoms with E-state index in [9.17, 15) is 9.59 Å². The highest BCUT2D eigenvalue weighted by Gasteiger charge is 2.39. The number of fused-ring (bicyclic) bond motifs is 1. The fourth-order valence-electron chi connectivity index (χ4n) is 5.15. The topological polar surface area (TPSA) is 86.0 Å². The highest BCUT2D eigenvalue weighted by molar-refractivity contribution is 5.93. The summed E-state index contributed by atoms with van der Waals surface area (Å²) in [4.78, 5) is 32.0. The Morgan fingerprint density at radius 2 is 2.05 bits per heavy atom. The Kier molecular flexibility index (Phi) is 7.29. The summed E-state index contributed by atoms with van der Waals surface area (Å²) in [5.41, 5.74) is 2.22. The van der Waals surface area contributed by atoms with Crippen LogP contribution in [0.5, 0.6) is 0 Å². The maximum absolute atomic E-state index is 15.5. The van der Waals surface area contributed by atoms with Gasteiger partial charge in [0.1, 0.15) is 11.5 Å². The molecule has 2 saturated heterocycles. The van der Waals surface area contributed by atoms with Gasteiger partial charge < -0.3 is 14.4 Å². The van der Waals surface area contributed by atoms with Crippen molar-refractivity contribution in [2.45, 2.75) is 57.9 Å². The molecule has 5 rings (SSSR count). The molecule has 200 valence electrons. The number of aromatic nitrogens is 3. The van der Waals surface area contributed by atoms with Crippen LogP contribution >= 0.6 is 0 Å². The van der Waals surface area contributed by atoms with Gasteiger partial charge in [-0.2, -0.15) is 5.10 Å². The average molecular weight is 521 g/mol. The minimum Gasteiger partial charge on any atom is -0.463 e. The summed E-state index contributed by atoms with van der Waals surface area (Å²) < 4.78 is 27.6. The Morgan fingerprint density at radius 3 is 2.79 bits per heavy atom. The molecule has 2 aromatic heterocycles. The molecule has 2 aliphatic rings. The van der Waals surface area contributed by atoms with Gasteiger partial charge in [-0.25, -0.2) is 18.7 Å². The summed E-state index contributed by atoms with van der Waals surface area (Å²) in [6, 6.07) is 8.59. The second kappa shape index (κ2) is 10.6. The van der Waals surface area contributed by atoms with Crippen LogP contribution in [-0.2, 0) is 19.7 Å². The van der Waals surface area contributed by atoms with Gasteiger partial charge in [-0.3, -0.25) is 4.79 Å². The second-order valence-electron chi connectivity index (χ2n) is 10.4. The third kappa shape index (κ3) is 4.95. The van der Waals surface area contributed by atoms with Crippen LogP contribution in [0.15, 0.2) is 36.4 Å². The maximum Gasteiger partial charge on any atom is 0.330 e. The fourth-order valence-corrected chi connectivity index (χ4v) is 5.15. The van der Waals surface area contributed by atoms with Gasteiger partial charge in [0.15, 0.2) is 5.65 Å². The van der Waals surface area contributed by atoms with E-state index in [4.69, 9.17) is 19.6 Å². The molecule has 0 saturated carbocycles. The first-order valence-corrected chi connectivity index (χ1v) is 13.2. The zero-order valence-electron chi connectivity index (χ0n) is 22.1. The number of benzene rings is 1. The average Bonchev–Trinajstić information content (AvgIpc) is 3.20. The summed E-state index contributed by atoms with van der Waals surface area (Å²) in [5, 5.41) is 4.72. The molecule has 0 aliphatic carbocycles. The lowest BCUT2D eigenvalue weighted by atomic mass is 9.84. The third-order valence-electron chi connectivity index (χ3n) is 7.41. The number of esters is 1. The van der Waals surface area contributed by atoms with Crippen molar-refractivity contribution in [2.75, 3.05) is 26.4 Å². The SMILES string of the molecule is CCOC(=O)/C=C/c1cccc(-c2cc3nc(C(=O)N4CCCCC[C@H]4C)cc(C4(C)COC4)n3n2)c1F. The Morgan fingerprint density at radius 1 is 1.24 bits per heavy atom. The molecule has 3 aromatic rings. The van der Waals surface area contributed by atoms with Gasteiger partial charge in [-0.05, 0) is 51.8 Å². The third-order valence-corrected chi connectivity index (χ3v) is 7.41. The Hall–Kier alpha value is -3.59. The summed E-state index contributed by atoms with van der Waals surface area (Å²) in [6.07, 6.45) is 6.78. The first-order valence-electron chi connectivity index (χ1n) is 13.2. The molecular formula is C29H33FN4O4. The van der Waals surface area contributed by atoms with Gasteiger partial charge in [0.2, 0.25) is 0 Å². The number of nitrogens with zero attached hydrogens (tertiary/aromatic N) is 4. The number of carbonyl (C=O) groups excluding carboxylic acids is 2. The minimum absolute atomic E-state index is 0.0907. The Balaban J connectivity index is 1.57. The molecule has 0 radical (unpaired) electrons. The van der Waals surface area contributed by atoms with Gasteiger partial charge in [0.05, 0.1) is 36.6 Å². The zero-order valence-corrected chi connectivity index (χ0v) is 22.1. The van der Waals surface area contributed by atoms with Gasteiger partial charge in [0.25, 0.3) is 5.91 Å². The quantitative estimate of drug-likeness (QED) is 0.343. The molecule has 8 nitrogen and oxygen atoms in total. The Bertz CT molecular complexity index is 1390. The molecule has 1 atom stereocenters. The normalized spacial score (nSPS) is 19.4.